The predicted molar refractivity (Wildman–Crippen MR) is 48.9 cm³/mol. The molecule has 0 spiro atoms. The number of carboxylic acid groups (broad SMARTS) is 1. The molecule has 13 heavy (non-hydrogen) atoms. The minimum absolute atomic E-state index is 0.0110. The maximum absolute atomic E-state index is 10.6. The summed E-state index contributed by atoms with van der Waals surface area (Å²) in [6.07, 6.45) is 3.10. The Bertz CT molecular complexity index is 333. The normalized spacial score (nSPS) is 9.92. The van der Waals surface area contributed by atoms with Crippen LogP contribution in [0.2, 0.25) is 0 Å². The third-order valence-electron chi connectivity index (χ3n) is 1.60. The Labute approximate surface area is 80.5 Å². The highest BCUT2D eigenvalue weighted by atomic mass is 35.5. The molecule has 0 aliphatic carbocycles. The second-order valence-electron chi connectivity index (χ2n) is 2.42. The van der Waals surface area contributed by atoms with Gasteiger partial charge in [-0.3, -0.25) is 0 Å². The van der Waals surface area contributed by atoms with Crippen molar-refractivity contribution in [1.29, 1.82) is 0 Å². The van der Waals surface area contributed by atoms with Crippen molar-refractivity contribution in [1.82, 2.24) is 9.55 Å². The Morgan fingerprint density at radius 2 is 2.54 bits per heavy atom. The van der Waals surface area contributed by atoms with Gasteiger partial charge in [0.2, 0.25) is 0 Å². The Morgan fingerprint density at radius 3 is 3.00 bits per heavy atom. The van der Waals surface area contributed by atoms with Gasteiger partial charge in [-0.2, -0.15) is 0 Å². The highest BCUT2D eigenvalue weighted by molar-refractivity contribution is 6.17. The van der Waals surface area contributed by atoms with E-state index in [9.17, 15) is 4.79 Å². The van der Waals surface area contributed by atoms with Crippen molar-refractivity contribution in [3.8, 4) is 0 Å². The second-order valence-corrected chi connectivity index (χ2v) is 2.69. The number of hydrogen-bond donors (Lipinski definition) is 1. The minimum Gasteiger partial charge on any atom is -0.476 e. The number of rotatable bonds is 4. The molecule has 5 heteroatoms. The van der Waals surface area contributed by atoms with E-state index in [-0.39, 0.29) is 11.6 Å². The first-order chi connectivity index (χ1) is 6.20. The van der Waals surface area contributed by atoms with Gasteiger partial charge in [-0.25, -0.2) is 9.78 Å². The lowest BCUT2D eigenvalue weighted by atomic mass is 10.3. The van der Waals surface area contributed by atoms with Gasteiger partial charge in [0.1, 0.15) is 0 Å². The van der Waals surface area contributed by atoms with E-state index in [1.165, 1.54) is 6.33 Å². The average molecular weight is 201 g/mol. The van der Waals surface area contributed by atoms with Crippen molar-refractivity contribution in [2.75, 3.05) is 0 Å². The van der Waals surface area contributed by atoms with E-state index in [0.717, 1.165) is 0 Å². The molecule has 0 aliphatic heterocycles. The zero-order valence-corrected chi connectivity index (χ0v) is 7.66. The summed E-state index contributed by atoms with van der Waals surface area (Å²) in [6.45, 7) is 4.06. The van der Waals surface area contributed by atoms with Gasteiger partial charge in [-0.1, -0.05) is 6.08 Å². The Balaban J connectivity index is 3.09. The van der Waals surface area contributed by atoms with E-state index < -0.39 is 5.97 Å². The fraction of sp³-hybridized carbons (Fsp3) is 0.250. The van der Waals surface area contributed by atoms with Crippen LogP contribution < -0.4 is 0 Å². The third-order valence-corrected chi connectivity index (χ3v) is 1.85. The molecular weight excluding hydrogens is 192 g/mol. The molecule has 0 saturated carbocycles. The van der Waals surface area contributed by atoms with E-state index >= 15 is 0 Å². The monoisotopic (exact) mass is 200 g/mol. The molecule has 1 aromatic heterocycles. The summed E-state index contributed by atoms with van der Waals surface area (Å²) in [7, 11) is 0. The fourth-order valence-electron chi connectivity index (χ4n) is 1.02. The maximum Gasteiger partial charge on any atom is 0.356 e. The molecule has 1 aromatic rings. The molecule has 1 heterocycles. The Morgan fingerprint density at radius 1 is 1.85 bits per heavy atom. The third kappa shape index (κ3) is 1.89. The molecule has 1 N–H and O–H groups in total. The number of aromatic nitrogens is 2. The molecule has 0 radical (unpaired) electrons. The largest absolute Gasteiger partial charge is 0.476 e. The highest BCUT2D eigenvalue weighted by Crippen LogP contribution is 2.10. The molecule has 0 saturated heterocycles. The number of carbonyl (C=O) groups is 1. The zero-order chi connectivity index (χ0) is 9.84. The number of aromatic carboxylic acids is 1. The molecule has 0 atom stereocenters. The number of halogens is 1. The van der Waals surface area contributed by atoms with Crippen LogP contribution in [0.3, 0.4) is 0 Å². The summed E-state index contributed by atoms with van der Waals surface area (Å²) in [6, 6.07) is 0. The Kier molecular flexibility index (Phi) is 3.08. The van der Waals surface area contributed by atoms with Crippen molar-refractivity contribution in [2.45, 2.75) is 12.4 Å². The van der Waals surface area contributed by atoms with Gasteiger partial charge < -0.3 is 9.67 Å². The molecule has 70 valence electrons. The van der Waals surface area contributed by atoms with Crippen LogP contribution in [0.1, 0.15) is 16.2 Å². The van der Waals surface area contributed by atoms with E-state index in [0.29, 0.717) is 12.2 Å². The molecule has 0 amide bonds. The van der Waals surface area contributed by atoms with Crippen LogP contribution in [0.25, 0.3) is 0 Å². The van der Waals surface area contributed by atoms with Crippen molar-refractivity contribution >= 4 is 17.6 Å². The lowest BCUT2D eigenvalue weighted by Crippen LogP contribution is -2.04. The van der Waals surface area contributed by atoms with Crippen molar-refractivity contribution in [3.63, 3.8) is 0 Å². The first-order valence-electron chi connectivity index (χ1n) is 3.64. The molecular formula is C8H9ClN2O2. The van der Waals surface area contributed by atoms with Crippen LogP contribution >= 0.6 is 11.6 Å². The van der Waals surface area contributed by atoms with E-state index in [4.69, 9.17) is 16.7 Å². The lowest BCUT2D eigenvalue weighted by molar-refractivity contribution is 0.0690. The summed E-state index contributed by atoms with van der Waals surface area (Å²) >= 11 is 5.60. The average Bonchev–Trinajstić information content (AvgIpc) is 2.48. The standard InChI is InChI=1S/C8H9ClN2O2/c1-2-3-11-5-10-7(8(12)13)6(11)4-9/h2,5H,1,3-4H2,(H,12,13). The van der Waals surface area contributed by atoms with Crippen LogP contribution in [0.5, 0.6) is 0 Å². The van der Waals surface area contributed by atoms with Crippen LogP contribution in [0.15, 0.2) is 19.0 Å². The molecule has 0 aliphatic rings. The van der Waals surface area contributed by atoms with Gasteiger partial charge in [-0.05, 0) is 0 Å². The number of nitrogens with zero attached hydrogens (tertiary/aromatic N) is 2. The molecule has 0 unspecified atom stereocenters. The van der Waals surface area contributed by atoms with Gasteiger partial charge in [0.15, 0.2) is 5.69 Å². The van der Waals surface area contributed by atoms with E-state index in [1.807, 2.05) is 0 Å². The second kappa shape index (κ2) is 4.09. The smallest absolute Gasteiger partial charge is 0.356 e. The van der Waals surface area contributed by atoms with Crippen LogP contribution in [-0.4, -0.2) is 20.6 Å². The first-order valence-corrected chi connectivity index (χ1v) is 4.18. The van der Waals surface area contributed by atoms with Gasteiger partial charge in [0, 0.05) is 6.54 Å². The fourth-order valence-corrected chi connectivity index (χ4v) is 1.30. The SMILES string of the molecule is C=CCn1cnc(C(=O)O)c1CCl. The first kappa shape index (κ1) is 9.80. The summed E-state index contributed by atoms with van der Waals surface area (Å²) in [5.74, 6) is -0.923. The predicted octanol–water partition coefficient (Wildman–Crippen LogP) is 1.51. The molecule has 0 bridgehead atoms. The number of hydrogen-bond acceptors (Lipinski definition) is 2. The molecule has 4 nitrogen and oxygen atoms in total. The van der Waals surface area contributed by atoms with Crippen molar-refractivity contribution < 1.29 is 9.90 Å². The summed E-state index contributed by atoms with van der Waals surface area (Å²) in [5, 5.41) is 8.72. The van der Waals surface area contributed by atoms with Gasteiger partial charge in [0.05, 0.1) is 17.9 Å². The lowest BCUT2D eigenvalue weighted by Gasteiger charge is -2.01. The molecule has 1 rings (SSSR count). The quantitative estimate of drug-likeness (QED) is 0.592. The summed E-state index contributed by atoms with van der Waals surface area (Å²) in [4.78, 5) is 14.4. The minimum atomic E-state index is -1.06. The number of carboxylic acids is 1. The van der Waals surface area contributed by atoms with Crippen molar-refractivity contribution in [3.05, 3.63) is 30.4 Å². The van der Waals surface area contributed by atoms with Crippen LogP contribution in [0.4, 0.5) is 0 Å². The van der Waals surface area contributed by atoms with Crippen LogP contribution in [0, 0.1) is 0 Å². The van der Waals surface area contributed by atoms with E-state index in [1.54, 1.807) is 10.6 Å². The highest BCUT2D eigenvalue weighted by Gasteiger charge is 2.14. The Hall–Kier alpha value is -1.29. The number of imidazole rings is 1. The van der Waals surface area contributed by atoms with Crippen molar-refractivity contribution in [2.24, 2.45) is 0 Å². The number of allylic oxidation sites excluding steroid dienone is 1. The maximum atomic E-state index is 10.6. The van der Waals surface area contributed by atoms with Gasteiger partial charge in [-0.15, -0.1) is 18.2 Å². The van der Waals surface area contributed by atoms with Gasteiger partial charge >= 0.3 is 5.97 Å². The summed E-state index contributed by atoms with van der Waals surface area (Å²) in [5.41, 5.74) is 0.519. The zero-order valence-electron chi connectivity index (χ0n) is 6.90. The van der Waals surface area contributed by atoms with Crippen LogP contribution in [-0.2, 0) is 12.4 Å². The van der Waals surface area contributed by atoms with E-state index in [2.05, 4.69) is 11.6 Å². The topological polar surface area (TPSA) is 55.1 Å². The molecule has 0 aromatic carbocycles. The van der Waals surface area contributed by atoms with Gasteiger partial charge in [0.25, 0.3) is 0 Å². The molecule has 0 fully saturated rings. The summed E-state index contributed by atoms with van der Waals surface area (Å²) < 4.78 is 1.66. The number of alkyl halides is 1.